The third-order valence-corrected chi connectivity index (χ3v) is 1.91. The Bertz CT molecular complexity index is 256. The van der Waals surface area contributed by atoms with Gasteiger partial charge >= 0.3 is 5.97 Å². The van der Waals surface area contributed by atoms with Crippen LogP contribution >= 0.6 is 11.8 Å². The minimum atomic E-state index is -0.748. The van der Waals surface area contributed by atoms with Gasteiger partial charge in [-0.3, -0.25) is 4.79 Å². The molecule has 0 fully saturated rings. The molecule has 0 radical (unpaired) electrons. The Morgan fingerprint density at radius 3 is 1.65 bits per heavy atom. The first-order valence-electron chi connectivity index (χ1n) is 4.81. The van der Waals surface area contributed by atoms with Crippen LogP contribution in [0.1, 0.15) is 0 Å². The van der Waals surface area contributed by atoms with E-state index in [1.165, 1.54) is 11.8 Å². The van der Waals surface area contributed by atoms with Gasteiger partial charge < -0.3 is 35.4 Å². The summed E-state index contributed by atoms with van der Waals surface area (Å²) < 4.78 is 0. The summed E-state index contributed by atoms with van der Waals surface area (Å²) >= 11 is 1.31. The topological polar surface area (TPSA) is 37.3 Å². The second-order valence-corrected chi connectivity index (χ2v) is 3.62. The standard InChI is InChI=1S/2C5H5.C3H6O2S.Fe/c2*1-2-4-5-3-1;1-6-2-3(4)5;/h2*1-5H;2H2,1H3,(H,4,5);/q-5;-1;;. The number of carbonyl (C=O) groups is 1. The van der Waals surface area contributed by atoms with Crippen LogP contribution in [0.3, 0.4) is 0 Å². The second-order valence-electron chi connectivity index (χ2n) is 2.75. The van der Waals surface area contributed by atoms with Gasteiger partial charge in [-0.05, 0) is 6.26 Å². The van der Waals surface area contributed by atoms with Crippen molar-refractivity contribution in [2.24, 2.45) is 0 Å². The van der Waals surface area contributed by atoms with Gasteiger partial charge in [0, 0.05) is 17.1 Å². The molecule has 0 aliphatic carbocycles. The van der Waals surface area contributed by atoms with Crippen LogP contribution in [0.2, 0.25) is 0 Å². The van der Waals surface area contributed by atoms with Gasteiger partial charge in [0.1, 0.15) is 0 Å². The van der Waals surface area contributed by atoms with Gasteiger partial charge in [0.2, 0.25) is 0 Å². The van der Waals surface area contributed by atoms with Gasteiger partial charge in [-0.1, -0.05) is 0 Å². The van der Waals surface area contributed by atoms with Crippen LogP contribution in [0, 0.1) is 0 Å². The quantitative estimate of drug-likeness (QED) is 0.682. The molecule has 2 nitrogen and oxygen atoms in total. The Balaban J connectivity index is 0. The number of hydrogen-bond acceptors (Lipinski definition) is 2. The molecule has 0 unspecified atom stereocenters. The first-order chi connectivity index (χ1) is 7.77. The van der Waals surface area contributed by atoms with E-state index >= 15 is 0 Å². The van der Waals surface area contributed by atoms with Crippen LogP contribution in [-0.2, 0) is 21.9 Å². The second kappa shape index (κ2) is 15.0. The van der Waals surface area contributed by atoms with Gasteiger partial charge in [0.25, 0.3) is 0 Å². The van der Waals surface area contributed by atoms with Crippen LogP contribution in [0.5, 0.6) is 0 Å². The van der Waals surface area contributed by atoms with Crippen LogP contribution in [0.25, 0.3) is 0 Å². The largest absolute Gasteiger partial charge is 0.748 e. The molecule has 0 aromatic heterocycles. The van der Waals surface area contributed by atoms with Crippen LogP contribution in [-0.4, -0.2) is 23.1 Å². The number of aliphatic carboxylic acids is 1. The van der Waals surface area contributed by atoms with Crippen molar-refractivity contribution >= 4 is 17.7 Å². The zero-order valence-electron chi connectivity index (χ0n) is 9.60. The van der Waals surface area contributed by atoms with E-state index in [4.69, 9.17) is 5.11 Å². The van der Waals surface area contributed by atoms with E-state index < -0.39 is 5.97 Å². The van der Waals surface area contributed by atoms with Gasteiger partial charge in [0.05, 0.1) is 5.75 Å². The molecule has 0 saturated heterocycles. The Labute approximate surface area is 117 Å². The first kappa shape index (κ1) is 18.4. The van der Waals surface area contributed by atoms with Crippen molar-refractivity contribution in [1.29, 1.82) is 0 Å². The minimum absolute atomic E-state index is 0. The summed E-state index contributed by atoms with van der Waals surface area (Å²) in [4.78, 5) is 9.58. The maximum absolute atomic E-state index is 9.58. The summed E-state index contributed by atoms with van der Waals surface area (Å²) in [6, 6.07) is 20.0. The van der Waals surface area contributed by atoms with Crippen LogP contribution in [0.4, 0.5) is 0 Å². The Kier molecular flexibility index (Phi) is 16.3. The molecular formula is C13H16FeO2S-6. The molecule has 2 rings (SSSR count). The van der Waals surface area contributed by atoms with Gasteiger partial charge in [0.15, 0.2) is 0 Å². The van der Waals surface area contributed by atoms with E-state index in [1.807, 2.05) is 60.7 Å². The van der Waals surface area contributed by atoms with Crippen LogP contribution in [0.15, 0.2) is 60.7 Å². The SMILES string of the molecule is CSCC(=O)O.[Fe].[cH-]1[cH-][cH-][cH-][cH-]1.c1cc[cH-]c1. The van der Waals surface area contributed by atoms with Gasteiger partial charge in [-0.15, -0.1) is 0 Å². The van der Waals surface area contributed by atoms with Crippen LogP contribution < -0.4 is 0 Å². The van der Waals surface area contributed by atoms with Crippen molar-refractivity contribution < 1.29 is 27.0 Å². The summed E-state index contributed by atoms with van der Waals surface area (Å²) in [5.41, 5.74) is 0. The maximum Gasteiger partial charge on any atom is 0.313 e. The van der Waals surface area contributed by atoms with Crippen molar-refractivity contribution in [2.45, 2.75) is 0 Å². The first-order valence-corrected chi connectivity index (χ1v) is 6.21. The van der Waals surface area contributed by atoms with Gasteiger partial charge in [-0.25, -0.2) is 12.1 Å². The Morgan fingerprint density at radius 2 is 1.53 bits per heavy atom. The molecule has 0 saturated carbocycles. The summed E-state index contributed by atoms with van der Waals surface area (Å²) in [5.74, 6) is -0.539. The molecule has 4 heteroatoms. The molecule has 2 aromatic rings. The zero-order valence-corrected chi connectivity index (χ0v) is 11.5. The van der Waals surface area contributed by atoms with Crippen molar-refractivity contribution in [3.63, 3.8) is 0 Å². The average molecular weight is 292 g/mol. The summed E-state index contributed by atoms with van der Waals surface area (Å²) in [6.45, 7) is 0. The maximum atomic E-state index is 9.58. The fraction of sp³-hybridized carbons (Fsp3) is 0.154. The smallest absolute Gasteiger partial charge is 0.313 e. The molecular weight excluding hydrogens is 276 g/mol. The fourth-order valence-electron chi connectivity index (χ4n) is 0.765. The molecule has 100 valence electrons. The van der Waals surface area contributed by atoms with E-state index in [2.05, 4.69) is 0 Å². The normalized spacial score (nSPS) is 7.59. The Hall–Kier alpha value is -0.961. The minimum Gasteiger partial charge on any atom is -0.748 e. The summed E-state index contributed by atoms with van der Waals surface area (Å²) in [7, 11) is 0. The molecule has 0 heterocycles. The monoisotopic (exact) mass is 292 g/mol. The molecule has 1 N–H and O–H groups in total. The molecule has 0 aliphatic heterocycles. The van der Waals surface area contributed by atoms with Crippen molar-refractivity contribution in [1.82, 2.24) is 0 Å². The predicted octanol–water partition coefficient (Wildman–Crippen LogP) is 3.24. The van der Waals surface area contributed by atoms with Crippen molar-refractivity contribution in [3.8, 4) is 0 Å². The molecule has 0 atom stereocenters. The summed E-state index contributed by atoms with van der Waals surface area (Å²) in [6.07, 6.45) is 1.76. The van der Waals surface area contributed by atoms with Crippen molar-refractivity contribution in [2.75, 3.05) is 12.0 Å². The number of rotatable bonds is 2. The molecule has 0 amide bonds. The molecule has 0 aliphatic rings. The number of carboxylic acids is 1. The zero-order chi connectivity index (χ0) is 12.1. The fourth-order valence-corrected chi connectivity index (χ4v) is 1.01. The number of hydrogen-bond donors (Lipinski definition) is 1. The van der Waals surface area contributed by atoms with Crippen molar-refractivity contribution in [3.05, 3.63) is 60.7 Å². The predicted molar refractivity (Wildman–Crippen MR) is 70.1 cm³/mol. The third kappa shape index (κ3) is 17.6. The molecule has 2 aromatic carbocycles. The Morgan fingerprint density at radius 1 is 1.12 bits per heavy atom. The van der Waals surface area contributed by atoms with Gasteiger partial charge in [-0.2, -0.15) is 30.0 Å². The van der Waals surface area contributed by atoms with E-state index in [1.54, 1.807) is 6.26 Å². The number of thioether (sulfide) groups is 1. The van der Waals surface area contributed by atoms with E-state index in [-0.39, 0.29) is 22.8 Å². The molecule has 0 bridgehead atoms. The van der Waals surface area contributed by atoms with E-state index in [0.29, 0.717) is 0 Å². The molecule has 0 spiro atoms. The molecule has 17 heavy (non-hydrogen) atoms. The number of carboxylic acid groups (broad SMARTS) is 1. The summed E-state index contributed by atoms with van der Waals surface area (Å²) in [5, 5.41) is 7.89. The average Bonchev–Trinajstić information content (AvgIpc) is 2.98. The van der Waals surface area contributed by atoms with E-state index in [0.717, 1.165) is 0 Å². The third-order valence-electron chi connectivity index (χ3n) is 1.38. The van der Waals surface area contributed by atoms with E-state index in [9.17, 15) is 4.79 Å².